The lowest BCUT2D eigenvalue weighted by Crippen LogP contribution is -2.57. The molecule has 2 rings (SSSR count). The molecule has 0 aromatic carbocycles. The average molecular weight is 226 g/mol. The number of amides is 2. The minimum atomic E-state index is -0.195. The summed E-state index contributed by atoms with van der Waals surface area (Å²) in [7, 11) is 3.21. The van der Waals surface area contributed by atoms with Crippen LogP contribution in [0, 0.1) is 5.92 Å². The Morgan fingerprint density at radius 1 is 1.38 bits per heavy atom. The van der Waals surface area contributed by atoms with Gasteiger partial charge in [-0.15, -0.1) is 0 Å². The fraction of sp³-hybridized carbons (Fsp3) is 0.818. The first kappa shape index (κ1) is 11.2. The van der Waals surface area contributed by atoms with Crippen molar-refractivity contribution in [1.82, 2.24) is 9.80 Å². The Morgan fingerprint density at radius 3 is 2.81 bits per heavy atom. The second-order valence-corrected chi connectivity index (χ2v) is 4.60. The van der Waals surface area contributed by atoms with Crippen LogP contribution in [0.25, 0.3) is 0 Å². The van der Waals surface area contributed by atoms with E-state index in [0.29, 0.717) is 12.6 Å². The smallest absolute Gasteiger partial charge is 0.320 e. The van der Waals surface area contributed by atoms with E-state index >= 15 is 0 Å². The van der Waals surface area contributed by atoms with Crippen LogP contribution in [-0.4, -0.2) is 55.1 Å². The van der Waals surface area contributed by atoms with Crippen molar-refractivity contribution >= 4 is 12.0 Å². The van der Waals surface area contributed by atoms with Gasteiger partial charge in [0.05, 0.1) is 13.0 Å². The van der Waals surface area contributed by atoms with Gasteiger partial charge >= 0.3 is 12.0 Å². The molecular weight excluding hydrogens is 208 g/mol. The predicted octanol–water partition coefficient (Wildman–Crippen LogP) is 0.696. The third kappa shape index (κ3) is 1.86. The lowest BCUT2D eigenvalue weighted by molar-refractivity contribution is -0.147. The van der Waals surface area contributed by atoms with Crippen LogP contribution in [0.4, 0.5) is 4.79 Å². The second-order valence-electron chi connectivity index (χ2n) is 4.60. The number of piperidine rings is 1. The minimum Gasteiger partial charge on any atom is -0.469 e. The molecule has 2 fully saturated rings. The van der Waals surface area contributed by atoms with Crippen LogP contribution in [0.2, 0.25) is 0 Å². The molecule has 90 valence electrons. The van der Waals surface area contributed by atoms with Crippen LogP contribution in [0.5, 0.6) is 0 Å². The molecule has 16 heavy (non-hydrogen) atoms. The number of rotatable bonds is 1. The third-order valence-electron chi connectivity index (χ3n) is 3.61. The maximum atomic E-state index is 11.9. The molecule has 2 atom stereocenters. The summed E-state index contributed by atoms with van der Waals surface area (Å²) < 4.78 is 4.74. The molecule has 5 heteroatoms. The molecule has 2 saturated heterocycles. The molecule has 2 aliphatic rings. The SMILES string of the molecule is COC(=O)C1CCC2CCN(C)C(=O)N2C1. The van der Waals surface area contributed by atoms with Crippen molar-refractivity contribution in [2.45, 2.75) is 25.3 Å². The number of fused-ring (bicyclic) bond motifs is 1. The van der Waals surface area contributed by atoms with Crippen LogP contribution >= 0.6 is 0 Å². The highest BCUT2D eigenvalue weighted by Gasteiger charge is 2.38. The molecule has 0 saturated carbocycles. The van der Waals surface area contributed by atoms with E-state index in [-0.39, 0.29) is 17.9 Å². The Balaban J connectivity index is 2.05. The summed E-state index contributed by atoms with van der Waals surface area (Å²) in [6, 6.07) is 0.370. The summed E-state index contributed by atoms with van der Waals surface area (Å²) in [6.07, 6.45) is 2.76. The summed E-state index contributed by atoms with van der Waals surface area (Å²) in [5.41, 5.74) is 0. The average Bonchev–Trinajstić information content (AvgIpc) is 2.32. The molecule has 2 amide bonds. The standard InChI is InChI=1S/C11H18N2O3/c1-12-6-5-9-4-3-8(10(14)16-2)7-13(9)11(12)15/h8-9H,3-7H2,1-2H3. The monoisotopic (exact) mass is 226 g/mol. The zero-order valence-corrected chi connectivity index (χ0v) is 9.81. The van der Waals surface area contributed by atoms with Gasteiger partial charge in [-0.2, -0.15) is 0 Å². The summed E-state index contributed by atoms with van der Waals surface area (Å²) in [5.74, 6) is -0.337. The van der Waals surface area contributed by atoms with Gasteiger partial charge in [0.1, 0.15) is 0 Å². The Hall–Kier alpha value is -1.26. The van der Waals surface area contributed by atoms with Gasteiger partial charge in [-0.1, -0.05) is 0 Å². The van der Waals surface area contributed by atoms with E-state index in [9.17, 15) is 9.59 Å². The zero-order valence-electron chi connectivity index (χ0n) is 9.81. The number of hydrogen-bond donors (Lipinski definition) is 0. The Bertz CT molecular complexity index is 306. The number of carbonyl (C=O) groups is 2. The summed E-state index contributed by atoms with van der Waals surface area (Å²) in [4.78, 5) is 26.9. The molecule has 2 unspecified atom stereocenters. The summed E-state index contributed by atoms with van der Waals surface area (Å²) in [5, 5.41) is 0. The van der Waals surface area contributed by atoms with E-state index in [0.717, 1.165) is 25.8 Å². The van der Waals surface area contributed by atoms with Crippen molar-refractivity contribution in [1.29, 1.82) is 0 Å². The number of hydrogen-bond acceptors (Lipinski definition) is 3. The third-order valence-corrected chi connectivity index (χ3v) is 3.61. The van der Waals surface area contributed by atoms with E-state index in [1.54, 1.807) is 11.9 Å². The maximum absolute atomic E-state index is 11.9. The van der Waals surface area contributed by atoms with Crippen molar-refractivity contribution in [3.05, 3.63) is 0 Å². The summed E-state index contributed by atoms with van der Waals surface area (Å²) in [6.45, 7) is 1.34. The molecule has 0 N–H and O–H groups in total. The van der Waals surface area contributed by atoms with Gasteiger partial charge in [-0.05, 0) is 19.3 Å². The molecule has 5 nitrogen and oxygen atoms in total. The number of esters is 1. The Labute approximate surface area is 95.3 Å². The van der Waals surface area contributed by atoms with Gasteiger partial charge in [-0.25, -0.2) is 4.79 Å². The van der Waals surface area contributed by atoms with Crippen LogP contribution in [0.1, 0.15) is 19.3 Å². The maximum Gasteiger partial charge on any atom is 0.320 e. The lowest BCUT2D eigenvalue weighted by atomic mass is 9.90. The molecule has 0 aliphatic carbocycles. The van der Waals surface area contributed by atoms with Crippen molar-refractivity contribution in [2.75, 3.05) is 27.2 Å². The first-order valence-electron chi connectivity index (χ1n) is 5.73. The topological polar surface area (TPSA) is 49.9 Å². The van der Waals surface area contributed by atoms with Crippen molar-refractivity contribution in [3.63, 3.8) is 0 Å². The molecule has 0 aromatic heterocycles. The van der Waals surface area contributed by atoms with Gasteiger partial charge in [0.25, 0.3) is 0 Å². The van der Waals surface area contributed by atoms with Crippen molar-refractivity contribution in [3.8, 4) is 0 Å². The first-order chi connectivity index (χ1) is 7.63. The highest BCUT2D eigenvalue weighted by molar-refractivity contribution is 5.78. The molecule has 2 aliphatic heterocycles. The molecular formula is C11H18N2O3. The number of carbonyl (C=O) groups excluding carboxylic acids is 2. The Kier molecular flexibility index (Phi) is 3.03. The molecule has 0 aromatic rings. The molecule has 0 radical (unpaired) electrons. The van der Waals surface area contributed by atoms with Crippen molar-refractivity contribution in [2.24, 2.45) is 5.92 Å². The van der Waals surface area contributed by atoms with Gasteiger partial charge in [-0.3, -0.25) is 4.79 Å². The largest absolute Gasteiger partial charge is 0.469 e. The van der Waals surface area contributed by atoms with Crippen LogP contribution in [0.3, 0.4) is 0 Å². The Morgan fingerprint density at radius 2 is 2.12 bits per heavy atom. The quantitative estimate of drug-likeness (QED) is 0.618. The van der Waals surface area contributed by atoms with Crippen molar-refractivity contribution < 1.29 is 14.3 Å². The molecule has 2 heterocycles. The fourth-order valence-corrected chi connectivity index (χ4v) is 2.58. The number of nitrogens with zero attached hydrogens (tertiary/aromatic N) is 2. The lowest BCUT2D eigenvalue weighted by Gasteiger charge is -2.44. The van der Waals surface area contributed by atoms with Crippen LogP contribution in [0.15, 0.2) is 0 Å². The number of ether oxygens (including phenoxy) is 1. The molecule has 0 spiro atoms. The van der Waals surface area contributed by atoms with E-state index in [1.165, 1.54) is 7.11 Å². The van der Waals surface area contributed by atoms with Crippen LogP contribution in [-0.2, 0) is 9.53 Å². The van der Waals surface area contributed by atoms with E-state index in [4.69, 9.17) is 4.74 Å². The summed E-state index contributed by atoms with van der Waals surface area (Å²) >= 11 is 0. The zero-order chi connectivity index (χ0) is 11.7. The predicted molar refractivity (Wildman–Crippen MR) is 57.9 cm³/mol. The van der Waals surface area contributed by atoms with E-state index in [2.05, 4.69) is 0 Å². The van der Waals surface area contributed by atoms with Gasteiger partial charge in [0.2, 0.25) is 0 Å². The highest BCUT2D eigenvalue weighted by atomic mass is 16.5. The van der Waals surface area contributed by atoms with Crippen LogP contribution < -0.4 is 0 Å². The van der Waals surface area contributed by atoms with Gasteiger partial charge in [0, 0.05) is 26.2 Å². The normalized spacial score (nSPS) is 30.0. The minimum absolute atomic E-state index is 0.0462. The number of methoxy groups -OCH3 is 1. The van der Waals surface area contributed by atoms with E-state index in [1.807, 2.05) is 4.90 Å². The van der Waals surface area contributed by atoms with Gasteiger partial charge < -0.3 is 14.5 Å². The van der Waals surface area contributed by atoms with E-state index < -0.39 is 0 Å². The first-order valence-corrected chi connectivity index (χ1v) is 5.73. The second kappa shape index (κ2) is 4.31. The molecule has 0 bridgehead atoms. The highest BCUT2D eigenvalue weighted by Crippen LogP contribution is 2.28. The van der Waals surface area contributed by atoms with Gasteiger partial charge in [0.15, 0.2) is 0 Å². The number of urea groups is 1. The fourth-order valence-electron chi connectivity index (χ4n) is 2.58.